The average molecular weight is 324 g/mol. The number of amides is 1. The van der Waals surface area contributed by atoms with Crippen LogP contribution in [0.25, 0.3) is 0 Å². The summed E-state index contributed by atoms with van der Waals surface area (Å²) in [6.07, 6.45) is 6.62. The predicted octanol–water partition coefficient (Wildman–Crippen LogP) is 3.44. The van der Waals surface area contributed by atoms with Crippen molar-refractivity contribution >= 4 is 33.5 Å². The summed E-state index contributed by atoms with van der Waals surface area (Å²) in [7, 11) is 0. The number of carbonyl (C=O) groups excluding carboxylic acids is 1. The van der Waals surface area contributed by atoms with Gasteiger partial charge in [0, 0.05) is 16.6 Å². The molecular weight excluding hydrogens is 310 g/mol. The van der Waals surface area contributed by atoms with Crippen molar-refractivity contribution in [3.8, 4) is 0 Å². The minimum atomic E-state index is -1.03. The number of hydrogen-bond acceptors (Lipinski definition) is 2. The van der Waals surface area contributed by atoms with Gasteiger partial charge in [0.05, 0.1) is 5.56 Å². The van der Waals surface area contributed by atoms with Crippen LogP contribution < -0.4 is 5.32 Å². The fourth-order valence-corrected chi connectivity index (χ4v) is 2.50. The molecule has 2 N–H and O–H groups in total. The third-order valence-corrected chi connectivity index (χ3v) is 3.73. The van der Waals surface area contributed by atoms with Gasteiger partial charge in [-0.25, -0.2) is 4.79 Å². The number of halogens is 1. The van der Waals surface area contributed by atoms with Gasteiger partial charge in [-0.15, -0.1) is 0 Å². The minimum Gasteiger partial charge on any atom is -0.478 e. The van der Waals surface area contributed by atoms with Crippen LogP contribution in [0.2, 0.25) is 0 Å². The first kappa shape index (κ1) is 13.8. The summed E-state index contributed by atoms with van der Waals surface area (Å²) in [5.74, 6) is -0.814. The van der Waals surface area contributed by atoms with Crippen molar-refractivity contribution in [3.05, 3.63) is 40.4 Å². The molecular formula is C14H14BrNO3. The third kappa shape index (κ3) is 3.67. The van der Waals surface area contributed by atoms with Crippen molar-refractivity contribution in [1.29, 1.82) is 0 Å². The van der Waals surface area contributed by atoms with Gasteiger partial charge in [0.25, 0.3) is 0 Å². The predicted molar refractivity (Wildman–Crippen MR) is 76.2 cm³/mol. The molecule has 1 aliphatic carbocycles. The van der Waals surface area contributed by atoms with E-state index < -0.39 is 5.97 Å². The quantitative estimate of drug-likeness (QED) is 0.834. The lowest BCUT2D eigenvalue weighted by Crippen LogP contribution is -2.15. The molecule has 0 aliphatic heterocycles. The first-order valence-corrected chi connectivity index (χ1v) is 6.85. The van der Waals surface area contributed by atoms with Crippen molar-refractivity contribution < 1.29 is 14.7 Å². The van der Waals surface area contributed by atoms with Crippen molar-refractivity contribution in [2.24, 2.45) is 5.92 Å². The van der Waals surface area contributed by atoms with Crippen molar-refractivity contribution in [3.63, 3.8) is 0 Å². The zero-order valence-electron chi connectivity index (χ0n) is 10.2. The smallest absolute Gasteiger partial charge is 0.336 e. The molecule has 0 bridgehead atoms. The molecule has 1 amide bonds. The molecule has 19 heavy (non-hydrogen) atoms. The molecule has 5 heteroatoms. The molecule has 0 heterocycles. The van der Waals surface area contributed by atoms with E-state index in [9.17, 15) is 9.59 Å². The molecule has 100 valence electrons. The number of carbonyl (C=O) groups is 2. The molecule has 0 fully saturated rings. The Kier molecular flexibility index (Phi) is 4.37. The van der Waals surface area contributed by atoms with Crippen LogP contribution in [0.1, 0.15) is 29.6 Å². The lowest BCUT2D eigenvalue weighted by Gasteiger charge is -2.09. The standard InChI is InChI=1S/C14H14BrNO3/c15-12-6-5-10(8-11(12)14(18)19)16-13(17)7-9-3-1-2-4-9/h1,3,5-6,8-9H,2,4,7H2,(H,16,17)(H,18,19). The Morgan fingerprint density at radius 3 is 2.84 bits per heavy atom. The number of aromatic carboxylic acids is 1. The lowest BCUT2D eigenvalue weighted by atomic mass is 10.0. The van der Waals surface area contributed by atoms with Crippen LogP contribution in [0, 0.1) is 5.92 Å². The SMILES string of the molecule is O=C(CC1C=CCC1)Nc1ccc(Br)c(C(=O)O)c1. The third-order valence-electron chi connectivity index (χ3n) is 3.04. The molecule has 4 nitrogen and oxygen atoms in total. The van der Waals surface area contributed by atoms with Crippen LogP contribution in [-0.2, 0) is 4.79 Å². The Labute approximate surface area is 119 Å². The normalized spacial score (nSPS) is 17.4. The van der Waals surface area contributed by atoms with Crippen LogP contribution in [-0.4, -0.2) is 17.0 Å². The van der Waals surface area contributed by atoms with E-state index in [1.54, 1.807) is 12.1 Å². The summed E-state index contributed by atoms with van der Waals surface area (Å²) in [4.78, 5) is 22.8. The van der Waals surface area contributed by atoms with Crippen molar-refractivity contribution in [2.45, 2.75) is 19.3 Å². The molecule has 2 rings (SSSR count). The highest BCUT2D eigenvalue weighted by Gasteiger charge is 2.15. The molecule has 1 atom stereocenters. The van der Waals surface area contributed by atoms with E-state index in [0.29, 0.717) is 22.5 Å². The highest BCUT2D eigenvalue weighted by Crippen LogP contribution is 2.23. The van der Waals surface area contributed by atoms with Crippen molar-refractivity contribution in [2.75, 3.05) is 5.32 Å². The van der Waals surface area contributed by atoms with Gasteiger partial charge in [0.1, 0.15) is 0 Å². The van der Waals surface area contributed by atoms with E-state index >= 15 is 0 Å². The summed E-state index contributed by atoms with van der Waals surface area (Å²) in [6, 6.07) is 4.75. The molecule has 0 aromatic heterocycles. The van der Waals surface area contributed by atoms with E-state index in [0.717, 1.165) is 12.8 Å². The molecule has 0 saturated carbocycles. The van der Waals surface area contributed by atoms with E-state index in [1.165, 1.54) is 6.07 Å². The van der Waals surface area contributed by atoms with Crippen LogP contribution in [0.15, 0.2) is 34.8 Å². The summed E-state index contributed by atoms with van der Waals surface area (Å²) >= 11 is 3.17. The number of carboxylic acid groups (broad SMARTS) is 1. The average Bonchev–Trinajstić information content (AvgIpc) is 2.84. The second-order valence-electron chi connectivity index (χ2n) is 4.52. The van der Waals surface area contributed by atoms with Gasteiger partial charge in [0.15, 0.2) is 0 Å². The number of benzene rings is 1. The topological polar surface area (TPSA) is 66.4 Å². The molecule has 1 aliphatic rings. The maximum atomic E-state index is 11.8. The Bertz CT molecular complexity index is 539. The second kappa shape index (κ2) is 6.02. The summed E-state index contributed by atoms with van der Waals surface area (Å²) < 4.78 is 0.497. The minimum absolute atomic E-state index is 0.0878. The van der Waals surface area contributed by atoms with E-state index in [1.807, 2.05) is 0 Å². The zero-order valence-corrected chi connectivity index (χ0v) is 11.8. The fraction of sp³-hybridized carbons (Fsp3) is 0.286. The summed E-state index contributed by atoms with van der Waals surface area (Å²) in [5.41, 5.74) is 0.645. The van der Waals surface area contributed by atoms with Crippen LogP contribution in [0.4, 0.5) is 5.69 Å². The summed E-state index contributed by atoms with van der Waals surface area (Å²) in [6.45, 7) is 0. The summed E-state index contributed by atoms with van der Waals surface area (Å²) in [5, 5.41) is 11.7. The molecule has 0 radical (unpaired) electrons. The van der Waals surface area contributed by atoms with Gasteiger partial charge in [-0.3, -0.25) is 4.79 Å². The van der Waals surface area contributed by atoms with E-state index in [-0.39, 0.29) is 11.5 Å². The number of rotatable bonds is 4. The molecule has 1 aromatic rings. The number of allylic oxidation sites excluding steroid dienone is 2. The van der Waals surface area contributed by atoms with E-state index in [2.05, 4.69) is 33.4 Å². The Hall–Kier alpha value is -1.62. The van der Waals surface area contributed by atoms with Gasteiger partial charge < -0.3 is 10.4 Å². The first-order valence-electron chi connectivity index (χ1n) is 6.05. The molecule has 0 spiro atoms. The van der Waals surface area contributed by atoms with Crippen LogP contribution >= 0.6 is 15.9 Å². The van der Waals surface area contributed by atoms with Gasteiger partial charge in [0.2, 0.25) is 5.91 Å². The van der Waals surface area contributed by atoms with Gasteiger partial charge in [-0.1, -0.05) is 12.2 Å². The molecule has 0 saturated heterocycles. The zero-order chi connectivity index (χ0) is 13.8. The maximum Gasteiger partial charge on any atom is 0.336 e. The number of anilines is 1. The van der Waals surface area contributed by atoms with Gasteiger partial charge in [-0.05, 0) is 52.9 Å². The number of hydrogen-bond donors (Lipinski definition) is 2. The molecule has 1 aromatic carbocycles. The number of carboxylic acids is 1. The van der Waals surface area contributed by atoms with E-state index in [4.69, 9.17) is 5.11 Å². The van der Waals surface area contributed by atoms with Gasteiger partial charge >= 0.3 is 5.97 Å². The van der Waals surface area contributed by atoms with Gasteiger partial charge in [-0.2, -0.15) is 0 Å². The Balaban J connectivity index is 2.02. The number of nitrogens with one attached hydrogen (secondary N) is 1. The Morgan fingerprint density at radius 1 is 1.42 bits per heavy atom. The van der Waals surface area contributed by atoms with Crippen LogP contribution in [0.5, 0.6) is 0 Å². The first-order chi connectivity index (χ1) is 9.06. The molecule has 1 unspecified atom stereocenters. The largest absolute Gasteiger partial charge is 0.478 e. The monoisotopic (exact) mass is 323 g/mol. The lowest BCUT2D eigenvalue weighted by molar-refractivity contribution is -0.116. The Morgan fingerprint density at radius 2 is 2.21 bits per heavy atom. The van der Waals surface area contributed by atoms with Crippen LogP contribution in [0.3, 0.4) is 0 Å². The second-order valence-corrected chi connectivity index (χ2v) is 5.37. The maximum absolute atomic E-state index is 11.8. The highest BCUT2D eigenvalue weighted by molar-refractivity contribution is 9.10. The fourth-order valence-electron chi connectivity index (χ4n) is 2.08. The van der Waals surface area contributed by atoms with Crippen molar-refractivity contribution in [1.82, 2.24) is 0 Å². The highest BCUT2D eigenvalue weighted by atomic mass is 79.9.